The summed E-state index contributed by atoms with van der Waals surface area (Å²) in [6.45, 7) is 4.38. The Hall–Kier alpha value is -2.69. The molecule has 0 bridgehead atoms. The number of phenolic OH excluding ortho intramolecular Hbond substituents is 1. The Morgan fingerprint density at radius 3 is 2.52 bits per heavy atom. The zero-order valence-electron chi connectivity index (χ0n) is 13.9. The van der Waals surface area contributed by atoms with E-state index in [2.05, 4.69) is 10.5 Å². The van der Waals surface area contributed by atoms with E-state index in [1.165, 1.54) is 0 Å². The molecule has 0 aliphatic heterocycles. The number of rotatable bonds is 6. The van der Waals surface area contributed by atoms with E-state index in [0.717, 1.165) is 22.4 Å². The van der Waals surface area contributed by atoms with Gasteiger partial charge in [0.15, 0.2) is 11.5 Å². The van der Waals surface area contributed by atoms with E-state index in [4.69, 9.17) is 9.47 Å². The van der Waals surface area contributed by atoms with E-state index in [0.29, 0.717) is 18.0 Å². The van der Waals surface area contributed by atoms with Crippen LogP contribution < -0.4 is 14.9 Å². The maximum Gasteiger partial charge on any atom is 0.161 e. The number of phenols is 1. The number of methoxy groups -OCH3 is 2. The van der Waals surface area contributed by atoms with Gasteiger partial charge in [0.2, 0.25) is 0 Å². The van der Waals surface area contributed by atoms with Gasteiger partial charge in [0.25, 0.3) is 0 Å². The van der Waals surface area contributed by atoms with Crippen LogP contribution in [0.25, 0.3) is 0 Å². The lowest BCUT2D eigenvalue weighted by Gasteiger charge is -2.10. The molecule has 2 aromatic carbocycles. The van der Waals surface area contributed by atoms with Crippen LogP contribution in [0.1, 0.15) is 23.6 Å². The van der Waals surface area contributed by atoms with Crippen LogP contribution in [0.4, 0.5) is 0 Å². The highest BCUT2D eigenvalue weighted by atomic mass is 16.5. The molecule has 0 amide bonds. The summed E-state index contributed by atoms with van der Waals surface area (Å²) >= 11 is 0. The van der Waals surface area contributed by atoms with Crippen molar-refractivity contribution in [2.75, 3.05) is 14.2 Å². The summed E-state index contributed by atoms with van der Waals surface area (Å²) in [5.74, 6) is 1.61. The Balaban J connectivity index is 2.07. The summed E-state index contributed by atoms with van der Waals surface area (Å²) in [6.07, 6.45) is 0. The van der Waals surface area contributed by atoms with Crippen molar-refractivity contribution in [1.29, 1.82) is 0 Å². The van der Waals surface area contributed by atoms with Crippen LogP contribution >= 0.6 is 0 Å². The summed E-state index contributed by atoms with van der Waals surface area (Å²) in [5, 5.41) is 14.2. The molecule has 0 aliphatic rings. The fourth-order valence-corrected chi connectivity index (χ4v) is 2.24. The molecule has 0 radical (unpaired) electrons. The highest BCUT2D eigenvalue weighted by Gasteiger charge is 2.06. The summed E-state index contributed by atoms with van der Waals surface area (Å²) in [4.78, 5) is 0. The third-order valence-corrected chi connectivity index (χ3v) is 3.52. The van der Waals surface area contributed by atoms with E-state index in [9.17, 15) is 5.11 Å². The fraction of sp³-hybridized carbons (Fsp3) is 0.278. The second kappa shape index (κ2) is 7.54. The van der Waals surface area contributed by atoms with Gasteiger partial charge in [-0.2, -0.15) is 5.10 Å². The van der Waals surface area contributed by atoms with Crippen molar-refractivity contribution < 1.29 is 14.6 Å². The van der Waals surface area contributed by atoms with Gasteiger partial charge in [-0.1, -0.05) is 17.7 Å². The number of aromatic hydroxyl groups is 1. The SMILES string of the molecule is COc1ccc(CN/N=C(\C)c2cc(C)ccc2O)cc1OC. The minimum Gasteiger partial charge on any atom is -0.507 e. The molecule has 0 spiro atoms. The predicted molar refractivity (Wildman–Crippen MR) is 91.4 cm³/mol. The van der Waals surface area contributed by atoms with Crippen LogP contribution in [0.3, 0.4) is 0 Å². The molecule has 0 saturated carbocycles. The summed E-state index contributed by atoms with van der Waals surface area (Å²) in [5.41, 5.74) is 6.57. The van der Waals surface area contributed by atoms with Gasteiger partial charge in [0.1, 0.15) is 5.75 Å². The van der Waals surface area contributed by atoms with Gasteiger partial charge >= 0.3 is 0 Å². The van der Waals surface area contributed by atoms with Crippen LogP contribution in [0.15, 0.2) is 41.5 Å². The molecule has 0 unspecified atom stereocenters. The van der Waals surface area contributed by atoms with Crippen molar-refractivity contribution in [3.8, 4) is 17.2 Å². The summed E-state index contributed by atoms with van der Waals surface area (Å²) < 4.78 is 10.5. The van der Waals surface area contributed by atoms with E-state index in [1.807, 2.05) is 44.2 Å². The molecule has 2 aromatic rings. The number of hydrogen-bond donors (Lipinski definition) is 2. The molecule has 2 rings (SSSR count). The lowest BCUT2D eigenvalue weighted by Crippen LogP contribution is -2.09. The monoisotopic (exact) mass is 314 g/mol. The molecule has 5 heteroatoms. The van der Waals surface area contributed by atoms with Gasteiger partial charge in [-0.05, 0) is 43.7 Å². The summed E-state index contributed by atoms with van der Waals surface area (Å²) in [6, 6.07) is 11.2. The topological polar surface area (TPSA) is 63.1 Å². The Labute approximate surface area is 136 Å². The number of benzene rings is 2. The molecule has 122 valence electrons. The van der Waals surface area contributed by atoms with Crippen LogP contribution in [0, 0.1) is 6.92 Å². The first-order chi connectivity index (χ1) is 11.0. The Morgan fingerprint density at radius 1 is 1.09 bits per heavy atom. The molecule has 2 N–H and O–H groups in total. The first-order valence-electron chi connectivity index (χ1n) is 7.33. The van der Waals surface area contributed by atoms with Gasteiger partial charge < -0.3 is 20.0 Å². The first kappa shape index (κ1) is 16.7. The van der Waals surface area contributed by atoms with Crippen molar-refractivity contribution >= 4 is 5.71 Å². The predicted octanol–water partition coefficient (Wildman–Crippen LogP) is 3.23. The quantitative estimate of drug-likeness (QED) is 0.635. The number of ether oxygens (including phenoxy) is 2. The maximum absolute atomic E-state index is 9.91. The van der Waals surface area contributed by atoms with Crippen LogP contribution in [0.2, 0.25) is 0 Å². The number of hydrogen-bond acceptors (Lipinski definition) is 5. The van der Waals surface area contributed by atoms with E-state index < -0.39 is 0 Å². The Bertz CT molecular complexity index is 711. The molecular weight excluding hydrogens is 292 g/mol. The second-order valence-corrected chi connectivity index (χ2v) is 5.24. The third kappa shape index (κ3) is 4.16. The van der Waals surface area contributed by atoms with Crippen LogP contribution in [-0.4, -0.2) is 25.0 Å². The van der Waals surface area contributed by atoms with E-state index >= 15 is 0 Å². The number of hydrazone groups is 1. The second-order valence-electron chi connectivity index (χ2n) is 5.24. The van der Waals surface area contributed by atoms with Crippen molar-refractivity contribution in [2.45, 2.75) is 20.4 Å². The molecular formula is C18H22N2O3. The lowest BCUT2D eigenvalue weighted by atomic mass is 10.1. The number of aryl methyl sites for hydroxylation is 1. The minimum absolute atomic E-state index is 0.227. The number of nitrogens with one attached hydrogen (secondary N) is 1. The molecule has 0 fully saturated rings. The van der Waals surface area contributed by atoms with Gasteiger partial charge in [0, 0.05) is 5.56 Å². The minimum atomic E-state index is 0.227. The zero-order valence-corrected chi connectivity index (χ0v) is 13.9. The summed E-state index contributed by atoms with van der Waals surface area (Å²) in [7, 11) is 3.22. The molecule has 0 heterocycles. The van der Waals surface area contributed by atoms with Gasteiger partial charge in [0.05, 0.1) is 26.5 Å². The highest BCUT2D eigenvalue weighted by molar-refractivity contribution is 6.01. The molecule has 0 atom stereocenters. The smallest absolute Gasteiger partial charge is 0.161 e. The Morgan fingerprint density at radius 2 is 1.83 bits per heavy atom. The fourth-order valence-electron chi connectivity index (χ4n) is 2.24. The van der Waals surface area contributed by atoms with Gasteiger partial charge in [-0.15, -0.1) is 0 Å². The first-order valence-corrected chi connectivity index (χ1v) is 7.33. The third-order valence-electron chi connectivity index (χ3n) is 3.52. The van der Waals surface area contributed by atoms with Crippen molar-refractivity contribution in [3.63, 3.8) is 0 Å². The maximum atomic E-state index is 9.91. The molecule has 0 aromatic heterocycles. The normalized spacial score (nSPS) is 11.2. The average Bonchev–Trinajstić information content (AvgIpc) is 2.56. The molecule has 23 heavy (non-hydrogen) atoms. The van der Waals surface area contributed by atoms with Crippen LogP contribution in [-0.2, 0) is 6.54 Å². The van der Waals surface area contributed by atoms with Crippen molar-refractivity contribution in [3.05, 3.63) is 53.1 Å². The van der Waals surface area contributed by atoms with E-state index in [-0.39, 0.29) is 5.75 Å². The molecule has 5 nitrogen and oxygen atoms in total. The Kier molecular flexibility index (Phi) is 5.46. The van der Waals surface area contributed by atoms with Gasteiger partial charge in [-0.25, -0.2) is 0 Å². The van der Waals surface area contributed by atoms with Crippen molar-refractivity contribution in [2.24, 2.45) is 5.10 Å². The van der Waals surface area contributed by atoms with Crippen molar-refractivity contribution in [1.82, 2.24) is 5.43 Å². The standard InChI is InChI=1S/C18H22N2O3/c1-12-5-7-16(21)15(9-12)13(2)20-19-11-14-6-8-17(22-3)18(10-14)23-4/h5-10,19,21H,11H2,1-4H3/b20-13+. The van der Waals surface area contributed by atoms with Crippen LogP contribution in [0.5, 0.6) is 17.2 Å². The highest BCUT2D eigenvalue weighted by Crippen LogP contribution is 2.27. The van der Waals surface area contributed by atoms with Gasteiger partial charge in [-0.3, -0.25) is 0 Å². The molecule has 0 aliphatic carbocycles. The average molecular weight is 314 g/mol. The molecule has 0 saturated heterocycles. The largest absolute Gasteiger partial charge is 0.507 e. The zero-order chi connectivity index (χ0) is 16.8. The lowest BCUT2D eigenvalue weighted by molar-refractivity contribution is 0.354. The van der Waals surface area contributed by atoms with E-state index in [1.54, 1.807) is 20.3 Å². The number of nitrogens with zero attached hydrogens (tertiary/aromatic N) is 1.